The van der Waals surface area contributed by atoms with Gasteiger partial charge in [-0.2, -0.15) is 5.10 Å². The van der Waals surface area contributed by atoms with Crippen molar-refractivity contribution < 1.29 is 22.7 Å². The quantitative estimate of drug-likeness (QED) is 0.218. The Bertz CT molecular complexity index is 1300. The van der Waals surface area contributed by atoms with Crippen LogP contribution in [0.3, 0.4) is 0 Å². The van der Waals surface area contributed by atoms with Crippen LogP contribution >= 0.6 is 15.9 Å². The molecule has 0 fully saturated rings. The number of halogens is 1. The number of nitrogens with zero attached hydrogens (tertiary/aromatic N) is 3. The lowest BCUT2D eigenvalue weighted by atomic mass is 10.2. The molecule has 0 radical (unpaired) electrons. The third-order valence-corrected chi connectivity index (χ3v) is 6.93. The van der Waals surface area contributed by atoms with Crippen LogP contribution < -0.4 is 19.2 Å². The number of aromatic nitrogens is 1. The number of hydrogen-bond donors (Lipinski definition) is 1. The fourth-order valence-electron chi connectivity index (χ4n) is 2.98. The van der Waals surface area contributed by atoms with Gasteiger partial charge in [-0.15, -0.1) is 0 Å². The zero-order chi connectivity index (χ0) is 25.3. The molecule has 0 unspecified atom stereocenters. The summed E-state index contributed by atoms with van der Waals surface area (Å²) in [6.07, 6.45) is 5.91. The van der Waals surface area contributed by atoms with E-state index in [0.29, 0.717) is 28.1 Å². The number of rotatable bonds is 11. The van der Waals surface area contributed by atoms with E-state index < -0.39 is 22.5 Å². The number of amides is 1. The van der Waals surface area contributed by atoms with Gasteiger partial charge in [0.1, 0.15) is 13.2 Å². The van der Waals surface area contributed by atoms with Gasteiger partial charge in [0.05, 0.1) is 34.6 Å². The highest BCUT2D eigenvalue weighted by atomic mass is 79.9. The monoisotopic (exact) mass is 558 g/mol. The minimum Gasteiger partial charge on any atom is -0.493 e. The number of nitrogens with one attached hydrogen (secondary N) is 1. The zero-order valence-electron chi connectivity index (χ0n) is 18.8. The topological polar surface area (TPSA) is 110 Å². The number of sulfonamides is 1. The van der Waals surface area contributed by atoms with Gasteiger partial charge >= 0.3 is 0 Å². The van der Waals surface area contributed by atoms with Gasteiger partial charge < -0.3 is 9.47 Å². The van der Waals surface area contributed by atoms with Crippen LogP contribution in [0, 0.1) is 0 Å². The Morgan fingerprint density at radius 2 is 2.00 bits per heavy atom. The van der Waals surface area contributed by atoms with Crippen molar-refractivity contribution in [2.45, 2.75) is 4.90 Å². The van der Waals surface area contributed by atoms with Crippen molar-refractivity contribution in [3.05, 3.63) is 89.7 Å². The molecule has 3 aromatic rings. The van der Waals surface area contributed by atoms with E-state index in [1.54, 1.807) is 48.5 Å². The Balaban J connectivity index is 1.77. The minimum absolute atomic E-state index is 0.0517. The maximum Gasteiger partial charge on any atom is 0.264 e. The maximum atomic E-state index is 13.2. The molecule has 1 N–H and O–H groups in total. The van der Waals surface area contributed by atoms with Crippen LogP contribution in [0.15, 0.2) is 94.1 Å². The molecular formula is C24H23BrN4O5S. The Kier molecular flexibility index (Phi) is 8.98. The van der Waals surface area contributed by atoms with E-state index in [4.69, 9.17) is 9.47 Å². The summed E-state index contributed by atoms with van der Waals surface area (Å²) in [7, 11) is -2.51. The number of pyridine rings is 1. The number of methoxy groups -OCH3 is 1. The van der Waals surface area contributed by atoms with Gasteiger partial charge in [-0.25, -0.2) is 13.8 Å². The second-order valence-electron chi connectivity index (χ2n) is 6.96. The molecule has 1 aromatic heterocycles. The summed E-state index contributed by atoms with van der Waals surface area (Å²) in [6.45, 7) is 3.43. The number of benzene rings is 2. The molecule has 9 nitrogen and oxygen atoms in total. The van der Waals surface area contributed by atoms with Crippen molar-refractivity contribution in [3.63, 3.8) is 0 Å². The molecule has 11 heteroatoms. The van der Waals surface area contributed by atoms with Crippen LogP contribution in [0.2, 0.25) is 0 Å². The van der Waals surface area contributed by atoms with Crippen molar-refractivity contribution in [2.24, 2.45) is 5.10 Å². The van der Waals surface area contributed by atoms with E-state index in [1.807, 2.05) is 0 Å². The first-order valence-electron chi connectivity index (χ1n) is 10.3. The third-order valence-electron chi connectivity index (χ3n) is 4.55. The summed E-state index contributed by atoms with van der Waals surface area (Å²) in [5.41, 5.74) is 3.23. The van der Waals surface area contributed by atoms with E-state index in [9.17, 15) is 13.2 Å². The summed E-state index contributed by atoms with van der Waals surface area (Å²) in [5.74, 6) is 0.333. The van der Waals surface area contributed by atoms with Crippen LogP contribution in [0.25, 0.3) is 0 Å². The highest BCUT2D eigenvalue weighted by Gasteiger charge is 2.27. The lowest BCUT2D eigenvalue weighted by Crippen LogP contribution is -2.39. The molecule has 0 aliphatic heterocycles. The number of ether oxygens (including phenoxy) is 2. The van der Waals surface area contributed by atoms with E-state index in [1.165, 1.54) is 37.9 Å². The molecule has 182 valence electrons. The fourth-order valence-corrected chi connectivity index (χ4v) is 4.98. The summed E-state index contributed by atoms with van der Waals surface area (Å²) in [6, 6.07) is 14.4. The number of carbonyl (C=O) groups excluding carboxylic acids is 1. The number of carbonyl (C=O) groups is 1. The maximum absolute atomic E-state index is 13.2. The zero-order valence-corrected chi connectivity index (χ0v) is 21.2. The average molecular weight is 559 g/mol. The number of anilines is 1. The van der Waals surface area contributed by atoms with Crippen molar-refractivity contribution >= 4 is 43.8 Å². The lowest BCUT2D eigenvalue weighted by molar-refractivity contribution is -0.119. The predicted molar refractivity (Wildman–Crippen MR) is 137 cm³/mol. The molecule has 0 bridgehead atoms. The van der Waals surface area contributed by atoms with Gasteiger partial charge in [0.2, 0.25) is 0 Å². The van der Waals surface area contributed by atoms with E-state index in [-0.39, 0.29) is 10.6 Å². The Hall–Kier alpha value is -3.70. The summed E-state index contributed by atoms with van der Waals surface area (Å²) < 4.78 is 39.0. The molecule has 1 amide bonds. The van der Waals surface area contributed by atoms with Crippen LogP contribution in [-0.4, -0.2) is 45.8 Å². The molecular weight excluding hydrogens is 536 g/mol. The van der Waals surface area contributed by atoms with Crippen molar-refractivity contribution in [1.29, 1.82) is 0 Å². The van der Waals surface area contributed by atoms with Crippen molar-refractivity contribution in [3.8, 4) is 11.5 Å². The first-order chi connectivity index (χ1) is 16.9. The Labute approximate surface area is 212 Å². The van der Waals surface area contributed by atoms with Gasteiger partial charge in [-0.05, 0) is 57.9 Å². The number of hydrogen-bond acceptors (Lipinski definition) is 7. The molecule has 0 saturated heterocycles. The fraction of sp³-hybridized carbons (Fsp3) is 0.125. The van der Waals surface area contributed by atoms with E-state index in [2.05, 4.69) is 38.0 Å². The van der Waals surface area contributed by atoms with Gasteiger partial charge in [-0.3, -0.25) is 14.1 Å². The Morgan fingerprint density at radius 1 is 1.23 bits per heavy atom. The standard InChI is InChI=1S/C24H23BrN4O5S/c1-3-12-34-24-21(25)13-18(14-22(24)33-2)15-27-28-23(30)17-29(19-8-7-11-26-16-19)35(31,32)20-9-5-4-6-10-20/h3-11,13-16H,1,12,17H2,2H3,(H,28,30)/b27-15-. The van der Waals surface area contributed by atoms with Crippen LogP contribution in [0.5, 0.6) is 11.5 Å². The second-order valence-corrected chi connectivity index (χ2v) is 9.68. The molecule has 0 saturated carbocycles. The summed E-state index contributed by atoms with van der Waals surface area (Å²) in [4.78, 5) is 16.7. The molecule has 0 spiro atoms. The molecule has 3 rings (SSSR count). The molecule has 2 aromatic carbocycles. The van der Waals surface area contributed by atoms with Gasteiger partial charge in [-0.1, -0.05) is 30.9 Å². The van der Waals surface area contributed by atoms with Crippen molar-refractivity contribution in [2.75, 3.05) is 24.6 Å². The largest absolute Gasteiger partial charge is 0.493 e. The summed E-state index contributed by atoms with van der Waals surface area (Å²) >= 11 is 3.42. The smallest absolute Gasteiger partial charge is 0.264 e. The Morgan fingerprint density at radius 3 is 2.66 bits per heavy atom. The molecule has 0 aliphatic carbocycles. The highest BCUT2D eigenvalue weighted by Crippen LogP contribution is 2.36. The van der Waals surface area contributed by atoms with Gasteiger partial charge in [0.25, 0.3) is 15.9 Å². The van der Waals surface area contributed by atoms with Gasteiger partial charge in [0.15, 0.2) is 11.5 Å². The van der Waals surface area contributed by atoms with E-state index in [0.717, 1.165) is 4.31 Å². The molecule has 0 aliphatic rings. The lowest BCUT2D eigenvalue weighted by Gasteiger charge is -2.23. The molecule has 0 atom stereocenters. The van der Waals surface area contributed by atoms with Crippen LogP contribution in [-0.2, 0) is 14.8 Å². The normalized spacial score (nSPS) is 11.1. The second kappa shape index (κ2) is 12.1. The minimum atomic E-state index is -4.02. The van der Waals surface area contributed by atoms with Gasteiger partial charge in [0, 0.05) is 6.20 Å². The third kappa shape index (κ3) is 6.67. The predicted octanol–water partition coefficient (Wildman–Crippen LogP) is 3.76. The first kappa shape index (κ1) is 25.9. The number of hydrazone groups is 1. The first-order valence-corrected chi connectivity index (χ1v) is 12.5. The highest BCUT2D eigenvalue weighted by molar-refractivity contribution is 9.10. The molecule has 1 heterocycles. The summed E-state index contributed by atoms with van der Waals surface area (Å²) in [5, 5.41) is 3.96. The molecule has 35 heavy (non-hydrogen) atoms. The van der Waals surface area contributed by atoms with Crippen molar-refractivity contribution in [1.82, 2.24) is 10.4 Å². The SMILES string of the molecule is C=CCOc1c(Br)cc(/C=N\NC(=O)CN(c2cccnc2)S(=O)(=O)c2ccccc2)cc1OC. The van der Waals surface area contributed by atoms with Crippen LogP contribution in [0.4, 0.5) is 5.69 Å². The average Bonchev–Trinajstić information content (AvgIpc) is 2.87. The van der Waals surface area contributed by atoms with E-state index >= 15 is 0 Å². The van der Waals surface area contributed by atoms with Crippen LogP contribution in [0.1, 0.15) is 5.56 Å².